The predicted molar refractivity (Wildman–Crippen MR) is 134 cm³/mol. The lowest BCUT2D eigenvalue weighted by atomic mass is 10.1. The molecule has 2 amide bonds. The Labute approximate surface area is 211 Å². The topological polar surface area (TPSA) is 105 Å². The van der Waals surface area contributed by atoms with Crippen LogP contribution in [-0.2, 0) is 29.1 Å². The van der Waals surface area contributed by atoms with Crippen molar-refractivity contribution >= 4 is 44.8 Å². The van der Waals surface area contributed by atoms with E-state index in [-0.39, 0.29) is 36.0 Å². The van der Waals surface area contributed by atoms with E-state index >= 15 is 0 Å². The van der Waals surface area contributed by atoms with Gasteiger partial charge in [0.2, 0.25) is 11.8 Å². The highest BCUT2D eigenvalue weighted by Crippen LogP contribution is 2.38. The molecule has 3 rings (SSSR count). The van der Waals surface area contributed by atoms with Gasteiger partial charge in [0.15, 0.2) is 0 Å². The molecule has 1 atom stereocenters. The van der Waals surface area contributed by atoms with Crippen LogP contribution in [0.3, 0.4) is 0 Å². The Hall–Kier alpha value is -2.66. The minimum atomic E-state index is -4.24. The second-order valence-electron chi connectivity index (χ2n) is 8.26. The molecule has 0 fully saturated rings. The molecule has 11 heteroatoms. The smallest absolute Gasteiger partial charge is 0.265 e. The van der Waals surface area contributed by atoms with Gasteiger partial charge in [0.05, 0.1) is 35.9 Å². The first-order chi connectivity index (χ1) is 16.6. The van der Waals surface area contributed by atoms with Gasteiger partial charge in [-0.2, -0.15) is 0 Å². The van der Waals surface area contributed by atoms with E-state index in [0.717, 1.165) is 4.31 Å². The number of rotatable bonds is 10. The quantitative estimate of drug-likeness (QED) is 0.513. The number of fused-ring (bicyclic) bond motifs is 1. The molecule has 1 heterocycles. The highest BCUT2D eigenvalue weighted by Gasteiger charge is 2.43. The maximum absolute atomic E-state index is 14.0. The van der Waals surface area contributed by atoms with E-state index in [4.69, 9.17) is 21.1 Å². The van der Waals surface area contributed by atoms with E-state index in [1.54, 1.807) is 44.2 Å². The third-order valence-electron chi connectivity index (χ3n) is 5.83. The summed E-state index contributed by atoms with van der Waals surface area (Å²) in [6.45, 7) is 4.51. The molecule has 0 saturated heterocycles. The Morgan fingerprint density at radius 3 is 2.34 bits per heavy atom. The van der Waals surface area contributed by atoms with Crippen LogP contribution in [0.5, 0.6) is 0 Å². The van der Waals surface area contributed by atoms with Gasteiger partial charge in [-0.25, -0.2) is 8.42 Å². The van der Waals surface area contributed by atoms with Gasteiger partial charge in [0, 0.05) is 32.3 Å². The Kier molecular flexibility index (Phi) is 8.76. The number of nitrogens with zero attached hydrogens (tertiary/aromatic N) is 2. The van der Waals surface area contributed by atoms with E-state index in [9.17, 15) is 18.0 Å². The van der Waals surface area contributed by atoms with Crippen LogP contribution in [0.25, 0.3) is 0 Å². The number of carbonyl (C=O) groups is 2. The van der Waals surface area contributed by atoms with Crippen LogP contribution in [0.2, 0.25) is 5.02 Å². The van der Waals surface area contributed by atoms with Gasteiger partial charge < -0.3 is 19.7 Å². The maximum atomic E-state index is 14.0. The zero-order valence-electron chi connectivity index (χ0n) is 20.2. The number of benzene rings is 2. The molecule has 1 N–H and O–H groups in total. The number of anilines is 2. The fraction of sp³-hybridized carbons (Fsp3) is 0.417. The fourth-order valence-corrected chi connectivity index (χ4v) is 6.08. The molecular formula is C24H30ClN3O6S. The number of hydrogen-bond acceptors (Lipinski definition) is 6. The summed E-state index contributed by atoms with van der Waals surface area (Å²) in [4.78, 5) is 28.0. The third kappa shape index (κ3) is 5.78. The summed E-state index contributed by atoms with van der Waals surface area (Å²) in [7, 11) is -1.19. The monoisotopic (exact) mass is 523 g/mol. The molecule has 0 radical (unpaired) electrons. The van der Waals surface area contributed by atoms with Crippen LogP contribution in [0.4, 0.5) is 11.4 Å². The SMILES string of the molecule is COCCN(CCOC)C(=O)C[C@@H]1C(=O)Nc2ccccc2N1S(=O)(=O)c1cc(C)c(Cl)cc1C. The Morgan fingerprint density at radius 2 is 1.71 bits per heavy atom. The molecule has 2 aromatic rings. The van der Waals surface area contributed by atoms with Crippen LogP contribution >= 0.6 is 11.6 Å². The summed E-state index contributed by atoms with van der Waals surface area (Å²) in [5, 5.41) is 3.18. The number of amides is 2. The first-order valence-corrected chi connectivity index (χ1v) is 12.9. The molecule has 1 aliphatic heterocycles. The van der Waals surface area contributed by atoms with Crippen molar-refractivity contribution in [1.82, 2.24) is 4.90 Å². The number of halogens is 1. The molecule has 0 unspecified atom stereocenters. The van der Waals surface area contributed by atoms with E-state index in [1.165, 1.54) is 25.2 Å². The summed E-state index contributed by atoms with van der Waals surface area (Å²) in [6.07, 6.45) is -0.349. The number of nitrogens with one attached hydrogen (secondary N) is 1. The Bertz CT molecular complexity index is 1200. The summed E-state index contributed by atoms with van der Waals surface area (Å²) < 4.78 is 39.3. The molecule has 1 aliphatic rings. The van der Waals surface area contributed by atoms with E-state index in [1.807, 2.05) is 0 Å². The van der Waals surface area contributed by atoms with Crippen LogP contribution in [0.1, 0.15) is 17.5 Å². The number of hydrogen-bond donors (Lipinski definition) is 1. The van der Waals surface area contributed by atoms with Crippen molar-refractivity contribution in [3.63, 3.8) is 0 Å². The molecule has 0 spiro atoms. The molecule has 35 heavy (non-hydrogen) atoms. The first-order valence-electron chi connectivity index (χ1n) is 11.1. The van der Waals surface area contributed by atoms with Gasteiger partial charge in [0.1, 0.15) is 6.04 Å². The summed E-state index contributed by atoms with van der Waals surface area (Å²) in [5.41, 5.74) is 1.67. The van der Waals surface area contributed by atoms with Crippen LogP contribution in [0, 0.1) is 13.8 Å². The number of para-hydroxylation sites is 2. The van der Waals surface area contributed by atoms with Crippen molar-refractivity contribution in [1.29, 1.82) is 0 Å². The first kappa shape index (κ1) is 26.9. The molecule has 0 aliphatic carbocycles. The molecule has 0 bridgehead atoms. The summed E-state index contributed by atoms with van der Waals surface area (Å²) in [6, 6.07) is 8.39. The summed E-state index contributed by atoms with van der Waals surface area (Å²) >= 11 is 6.20. The van der Waals surface area contributed by atoms with Crippen molar-refractivity contribution < 1.29 is 27.5 Å². The number of aryl methyl sites for hydroxylation is 2. The van der Waals surface area contributed by atoms with E-state index in [2.05, 4.69) is 5.32 Å². The molecule has 2 aromatic carbocycles. The number of methoxy groups -OCH3 is 2. The van der Waals surface area contributed by atoms with Crippen molar-refractivity contribution in [3.8, 4) is 0 Å². The largest absolute Gasteiger partial charge is 0.383 e. The lowest BCUT2D eigenvalue weighted by molar-refractivity contribution is -0.134. The van der Waals surface area contributed by atoms with Crippen molar-refractivity contribution in [3.05, 3.63) is 52.5 Å². The molecule has 0 saturated carbocycles. The maximum Gasteiger partial charge on any atom is 0.265 e. The molecule has 9 nitrogen and oxygen atoms in total. The van der Waals surface area contributed by atoms with Gasteiger partial charge in [-0.15, -0.1) is 0 Å². The van der Waals surface area contributed by atoms with Crippen LogP contribution < -0.4 is 9.62 Å². The molecule has 190 valence electrons. The highest BCUT2D eigenvalue weighted by molar-refractivity contribution is 7.93. The van der Waals surface area contributed by atoms with Crippen LogP contribution in [0.15, 0.2) is 41.3 Å². The second kappa shape index (κ2) is 11.4. The number of ether oxygens (including phenoxy) is 2. The average molecular weight is 524 g/mol. The standard InChI is InChI=1S/C24H30ClN3O6S/c1-16-14-22(17(2)13-18(16)25)35(31,32)28-20-8-6-5-7-19(20)26-24(30)21(28)15-23(29)27(9-11-33-3)10-12-34-4/h5-8,13-14,21H,9-12,15H2,1-4H3,(H,26,30)/t21-/m1/s1. The normalized spacial score (nSPS) is 15.5. The highest BCUT2D eigenvalue weighted by atomic mass is 35.5. The van der Waals surface area contributed by atoms with Gasteiger partial charge in [-0.05, 0) is 49.2 Å². The van der Waals surface area contributed by atoms with Gasteiger partial charge in [-0.3, -0.25) is 13.9 Å². The third-order valence-corrected chi connectivity index (χ3v) is 8.20. The number of sulfonamides is 1. The van der Waals surface area contributed by atoms with Crippen molar-refractivity contribution in [2.75, 3.05) is 50.1 Å². The van der Waals surface area contributed by atoms with E-state index < -0.39 is 22.0 Å². The zero-order valence-corrected chi connectivity index (χ0v) is 21.8. The van der Waals surface area contributed by atoms with Gasteiger partial charge in [-0.1, -0.05) is 23.7 Å². The molecule has 0 aromatic heterocycles. The summed E-state index contributed by atoms with van der Waals surface area (Å²) in [5.74, 6) is -0.967. The van der Waals surface area contributed by atoms with E-state index in [0.29, 0.717) is 35.1 Å². The lowest BCUT2D eigenvalue weighted by Crippen LogP contribution is -2.53. The average Bonchev–Trinajstić information content (AvgIpc) is 2.81. The van der Waals surface area contributed by atoms with Gasteiger partial charge in [0.25, 0.3) is 10.0 Å². The zero-order chi connectivity index (χ0) is 25.8. The second-order valence-corrected chi connectivity index (χ2v) is 10.5. The van der Waals surface area contributed by atoms with Crippen molar-refractivity contribution in [2.24, 2.45) is 0 Å². The Balaban J connectivity index is 2.07. The minimum Gasteiger partial charge on any atom is -0.383 e. The minimum absolute atomic E-state index is 0.0250. The lowest BCUT2D eigenvalue weighted by Gasteiger charge is -2.37. The predicted octanol–water partition coefficient (Wildman–Crippen LogP) is 2.98. The van der Waals surface area contributed by atoms with Crippen LogP contribution in [-0.4, -0.2) is 71.7 Å². The fourth-order valence-electron chi connectivity index (χ4n) is 3.93. The van der Waals surface area contributed by atoms with Gasteiger partial charge >= 0.3 is 0 Å². The van der Waals surface area contributed by atoms with Crippen molar-refractivity contribution in [2.45, 2.75) is 31.2 Å². The molecular weight excluding hydrogens is 494 g/mol. The Morgan fingerprint density at radius 1 is 1.09 bits per heavy atom. The number of carbonyl (C=O) groups excluding carboxylic acids is 2.